The average molecular weight is 499 g/mol. The molecule has 34 heavy (non-hydrogen) atoms. The zero-order chi connectivity index (χ0) is 24.1. The predicted octanol–water partition coefficient (Wildman–Crippen LogP) is 2.82. The Morgan fingerprint density at radius 2 is 1.97 bits per heavy atom. The number of nitrogens with zero attached hydrogens (tertiary/aromatic N) is 4. The number of aryl methyl sites for hydroxylation is 1. The molecule has 9 nitrogen and oxygen atoms in total. The first-order chi connectivity index (χ1) is 16.5. The maximum Gasteiger partial charge on any atom is 0.262 e. The molecule has 3 heterocycles. The molecule has 0 aliphatic carbocycles. The number of benzene rings is 1. The van der Waals surface area contributed by atoms with E-state index >= 15 is 0 Å². The fraction of sp³-hybridized carbons (Fsp3) is 0.348. The van der Waals surface area contributed by atoms with Crippen LogP contribution in [0.15, 0.2) is 51.7 Å². The number of carbonyl (C=O) groups is 2. The molecule has 11 heteroatoms. The first kappa shape index (κ1) is 24.0. The van der Waals surface area contributed by atoms with Gasteiger partial charge in [-0.25, -0.2) is 0 Å². The van der Waals surface area contributed by atoms with Crippen LogP contribution < -0.4 is 16.2 Å². The van der Waals surface area contributed by atoms with Gasteiger partial charge in [0.1, 0.15) is 0 Å². The Balaban J connectivity index is 1.57. The molecule has 2 N–H and O–H groups in total. The van der Waals surface area contributed by atoms with Gasteiger partial charge in [0, 0.05) is 23.9 Å². The van der Waals surface area contributed by atoms with Crippen molar-refractivity contribution in [2.45, 2.75) is 51.0 Å². The molecular weight excluding hydrogens is 472 g/mol. The Hall–Kier alpha value is -3.18. The van der Waals surface area contributed by atoms with Gasteiger partial charge in [-0.2, -0.15) is 0 Å². The van der Waals surface area contributed by atoms with Gasteiger partial charge in [-0.1, -0.05) is 36.9 Å². The minimum Gasteiger partial charge on any atom is -0.354 e. The van der Waals surface area contributed by atoms with Crippen LogP contribution in [-0.2, 0) is 22.7 Å². The van der Waals surface area contributed by atoms with E-state index in [1.807, 2.05) is 43.5 Å². The molecule has 0 spiro atoms. The molecule has 2 amide bonds. The monoisotopic (exact) mass is 498 g/mol. The third kappa shape index (κ3) is 5.31. The van der Waals surface area contributed by atoms with Gasteiger partial charge < -0.3 is 10.6 Å². The van der Waals surface area contributed by atoms with E-state index in [0.29, 0.717) is 28.4 Å². The van der Waals surface area contributed by atoms with Gasteiger partial charge in [-0.15, -0.1) is 21.5 Å². The maximum absolute atomic E-state index is 13.2. The van der Waals surface area contributed by atoms with Gasteiger partial charge in [0.25, 0.3) is 5.56 Å². The van der Waals surface area contributed by atoms with E-state index in [1.54, 1.807) is 27.9 Å². The highest BCUT2D eigenvalue weighted by Crippen LogP contribution is 2.21. The molecule has 0 bridgehead atoms. The van der Waals surface area contributed by atoms with E-state index in [4.69, 9.17) is 0 Å². The summed E-state index contributed by atoms with van der Waals surface area (Å²) in [5, 5.41) is 17.3. The Labute approximate surface area is 204 Å². The van der Waals surface area contributed by atoms with Crippen molar-refractivity contribution in [3.63, 3.8) is 0 Å². The van der Waals surface area contributed by atoms with E-state index < -0.39 is 0 Å². The van der Waals surface area contributed by atoms with Crippen LogP contribution in [0.2, 0.25) is 0 Å². The molecule has 3 aromatic heterocycles. The SMILES string of the molecule is CC[C@@H](C)NC(=O)CCn1c(=O)c2ccccc2n2c(SCC(=O)NCc3cccs3)nnc12. The van der Waals surface area contributed by atoms with E-state index in [0.717, 1.165) is 11.3 Å². The summed E-state index contributed by atoms with van der Waals surface area (Å²) in [5.41, 5.74) is 0.436. The van der Waals surface area contributed by atoms with E-state index in [9.17, 15) is 14.4 Å². The summed E-state index contributed by atoms with van der Waals surface area (Å²) in [6.07, 6.45) is 0.982. The van der Waals surface area contributed by atoms with Crippen LogP contribution in [0.4, 0.5) is 0 Å². The smallest absolute Gasteiger partial charge is 0.262 e. The first-order valence-electron chi connectivity index (χ1n) is 11.1. The molecular formula is C23H26N6O3S2. The number of thiophene rings is 1. The van der Waals surface area contributed by atoms with E-state index in [-0.39, 0.29) is 42.1 Å². The number of thioether (sulfide) groups is 1. The number of hydrogen-bond acceptors (Lipinski definition) is 7. The van der Waals surface area contributed by atoms with Crippen LogP contribution in [0.1, 0.15) is 31.6 Å². The largest absolute Gasteiger partial charge is 0.354 e. The number of carbonyl (C=O) groups excluding carboxylic acids is 2. The summed E-state index contributed by atoms with van der Waals surface area (Å²) < 4.78 is 3.26. The van der Waals surface area contributed by atoms with Crippen molar-refractivity contribution in [2.75, 3.05) is 5.75 Å². The van der Waals surface area contributed by atoms with Crippen molar-refractivity contribution in [1.29, 1.82) is 0 Å². The fourth-order valence-electron chi connectivity index (χ4n) is 3.47. The molecule has 0 saturated carbocycles. The van der Waals surface area contributed by atoms with Gasteiger partial charge in [0.2, 0.25) is 17.6 Å². The lowest BCUT2D eigenvalue weighted by atomic mass is 10.2. The zero-order valence-electron chi connectivity index (χ0n) is 19.0. The lowest BCUT2D eigenvalue weighted by Gasteiger charge is -2.13. The van der Waals surface area contributed by atoms with Crippen molar-refractivity contribution >= 4 is 51.6 Å². The molecule has 4 aromatic rings. The van der Waals surface area contributed by atoms with Crippen molar-refractivity contribution in [2.24, 2.45) is 0 Å². The number of hydrogen-bond donors (Lipinski definition) is 2. The van der Waals surface area contributed by atoms with E-state index in [1.165, 1.54) is 16.3 Å². The normalized spacial score (nSPS) is 12.2. The molecule has 0 aliphatic heterocycles. The first-order valence-corrected chi connectivity index (χ1v) is 12.9. The molecule has 4 rings (SSSR count). The standard InChI is InChI=1S/C23H26N6O3S2/c1-3-15(2)25-19(30)10-11-28-21(32)17-8-4-5-9-18(17)29-22(28)26-27-23(29)34-14-20(31)24-13-16-7-6-12-33-16/h4-9,12,15H,3,10-11,13-14H2,1-2H3,(H,24,31)(H,25,30)/t15-/m1/s1. The Kier molecular flexibility index (Phi) is 7.63. The number of aromatic nitrogens is 4. The molecule has 1 atom stereocenters. The van der Waals surface area contributed by atoms with Gasteiger partial charge in [-0.05, 0) is 36.9 Å². The van der Waals surface area contributed by atoms with E-state index in [2.05, 4.69) is 20.8 Å². The van der Waals surface area contributed by atoms with Gasteiger partial charge in [0.05, 0.1) is 23.2 Å². The zero-order valence-corrected chi connectivity index (χ0v) is 20.6. The highest BCUT2D eigenvalue weighted by molar-refractivity contribution is 7.99. The third-order valence-electron chi connectivity index (χ3n) is 5.43. The van der Waals surface area contributed by atoms with Gasteiger partial charge >= 0.3 is 0 Å². The number of amides is 2. The minimum atomic E-state index is -0.225. The second kappa shape index (κ2) is 10.8. The maximum atomic E-state index is 13.2. The molecule has 0 saturated heterocycles. The molecule has 0 radical (unpaired) electrons. The molecule has 0 fully saturated rings. The van der Waals surface area contributed by atoms with Crippen LogP contribution in [0.5, 0.6) is 0 Å². The number of nitrogens with one attached hydrogen (secondary N) is 2. The van der Waals surface area contributed by atoms with Crippen molar-refractivity contribution in [3.05, 3.63) is 57.0 Å². The van der Waals surface area contributed by atoms with Crippen molar-refractivity contribution < 1.29 is 9.59 Å². The predicted molar refractivity (Wildman–Crippen MR) is 134 cm³/mol. The van der Waals surface area contributed by atoms with Crippen LogP contribution in [0, 0.1) is 0 Å². The Morgan fingerprint density at radius 3 is 2.74 bits per heavy atom. The topological polar surface area (TPSA) is 110 Å². The fourth-order valence-corrected chi connectivity index (χ4v) is 4.89. The van der Waals surface area contributed by atoms with Crippen LogP contribution >= 0.6 is 23.1 Å². The van der Waals surface area contributed by atoms with Crippen LogP contribution in [-0.4, -0.2) is 42.8 Å². The van der Waals surface area contributed by atoms with Crippen molar-refractivity contribution in [1.82, 2.24) is 29.8 Å². The highest BCUT2D eigenvalue weighted by Gasteiger charge is 2.18. The Bertz CT molecular complexity index is 1360. The highest BCUT2D eigenvalue weighted by atomic mass is 32.2. The summed E-state index contributed by atoms with van der Waals surface area (Å²) in [4.78, 5) is 38.9. The number of fused-ring (bicyclic) bond motifs is 3. The summed E-state index contributed by atoms with van der Waals surface area (Å²) >= 11 is 2.84. The quantitative estimate of drug-likeness (QED) is 0.325. The number of para-hydroxylation sites is 1. The third-order valence-corrected chi connectivity index (χ3v) is 7.24. The minimum absolute atomic E-state index is 0.0721. The van der Waals surface area contributed by atoms with Gasteiger partial charge in [0.15, 0.2) is 5.16 Å². The second-order valence-electron chi connectivity index (χ2n) is 7.86. The van der Waals surface area contributed by atoms with Crippen LogP contribution in [0.25, 0.3) is 16.7 Å². The summed E-state index contributed by atoms with van der Waals surface area (Å²) in [7, 11) is 0. The second-order valence-corrected chi connectivity index (χ2v) is 9.84. The number of rotatable bonds is 10. The molecule has 0 unspecified atom stereocenters. The van der Waals surface area contributed by atoms with Gasteiger partial charge in [-0.3, -0.25) is 23.4 Å². The summed E-state index contributed by atoms with van der Waals surface area (Å²) in [6, 6.07) is 11.2. The molecule has 178 valence electrons. The summed E-state index contributed by atoms with van der Waals surface area (Å²) in [6.45, 7) is 4.61. The van der Waals surface area contributed by atoms with Crippen molar-refractivity contribution in [3.8, 4) is 0 Å². The molecule has 0 aliphatic rings. The lowest BCUT2D eigenvalue weighted by molar-refractivity contribution is -0.122. The van der Waals surface area contributed by atoms with Crippen LogP contribution in [0.3, 0.4) is 0 Å². The lowest BCUT2D eigenvalue weighted by Crippen LogP contribution is -2.33. The Morgan fingerprint density at radius 1 is 1.15 bits per heavy atom. The molecule has 1 aromatic carbocycles. The summed E-state index contributed by atoms with van der Waals surface area (Å²) in [5.74, 6) is 0.275. The average Bonchev–Trinajstić information content (AvgIpc) is 3.51.